The number of fused-ring (bicyclic) bond motifs is 1. The minimum atomic E-state index is -0.484. The maximum atomic E-state index is 11.2. The second-order valence-corrected chi connectivity index (χ2v) is 6.32. The lowest BCUT2D eigenvalue weighted by molar-refractivity contribution is 0.108. The van der Waals surface area contributed by atoms with E-state index in [9.17, 15) is 4.79 Å². The molecule has 1 aromatic heterocycles. The van der Waals surface area contributed by atoms with E-state index in [1.54, 1.807) is 36.4 Å². The van der Waals surface area contributed by atoms with Crippen molar-refractivity contribution >= 4 is 61.6 Å². The molecule has 0 aliphatic heterocycles. The highest BCUT2D eigenvalue weighted by Gasteiger charge is 2.12. The first-order valence-corrected chi connectivity index (χ1v) is 7.55. The van der Waals surface area contributed by atoms with Gasteiger partial charge in [-0.2, -0.15) is 0 Å². The average molecular weight is 343 g/mol. The molecule has 0 N–H and O–H groups in total. The van der Waals surface area contributed by atoms with Gasteiger partial charge in [-0.3, -0.25) is 4.79 Å². The van der Waals surface area contributed by atoms with Crippen LogP contribution in [0.1, 0.15) is 10.4 Å². The first kappa shape index (κ1) is 13.8. The maximum Gasteiger partial charge on any atom is 0.252 e. The van der Waals surface area contributed by atoms with Crippen molar-refractivity contribution in [3.8, 4) is 10.6 Å². The lowest BCUT2D eigenvalue weighted by Crippen LogP contribution is -1.86. The van der Waals surface area contributed by atoms with Gasteiger partial charge in [0.25, 0.3) is 5.24 Å². The Kier molecular flexibility index (Phi) is 3.69. The molecule has 0 aliphatic rings. The zero-order valence-corrected chi connectivity index (χ0v) is 12.9. The lowest BCUT2D eigenvalue weighted by Gasteiger charge is -2.00. The molecule has 0 spiro atoms. The summed E-state index contributed by atoms with van der Waals surface area (Å²) in [6.45, 7) is 0. The van der Waals surface area contributed by atoms with E-state index in [0.717, 1.165) is 20.8 Å². The van der Waals surface area contributed by atoms with Crippen LogP contribution in [0.5, 0.6) is 0 Å². The number of hydrogen-bond acceptors (Lipinski definition) is 3. The van der Waals surface area contributed by atoms with Crippen LogP contribution in [-0.4, -0.2) is 10.2 Å². The molecular weight excluding hydrogens is 337 g/mol. The number of nitrogens with zero attached hydrogens (tertiary/aromatic N) is 1. The van der Waals surface area contributed by atoms with Crippen molar-refractivity contribution in [1.82, 2.24) is 4.98 Å². The van der Waals surface area contributed by atoms with Gasteiger partial charge in [0.2, 0.25) is 0 Å². The second kappa shape index (κ2) is 5.34. The fraction of sp³-hybridized carbons (Fsp3) is 0. The fourth-order valence-corrected chi connectivity index (χ4v) is 3.41. The third kappa shape index (κ3) is 2.54. The summed E-state index contributed by atoms with van der Waals surface area (Å²) < 4.78 is 0.877. The van der Waals surface area contributed by atoms with Gasteiger partial charge < -0.3 is 0 Å². The smallest absolute Gasteiger partial charge is 0.252 e. The molecular formula is C14H6Cl3NOS. The van der Waals surface area contributed by atoms with Gasteiger partial charge in [0, 0.05) is 16.1 Å². The van der Waals surface area contributed by atoms with Gasteiger partial charge in [-0.25, -0.2) is 4.98 Å². The van der Waals surface area contributed by atoms with Crippen molar-refractivity contribution < 1.29 is 4.79 Å². The Labute approximate surface area is 133 Å². The molecule has 1 heterocycles. The highest BCUT2D eigenvalue weighted by Crippen LogP contribution is 2.36. The molecule has 20 heavy (non-hydrogen) atoms. The van der Waals surface area contributed by atoms with Gasteiger partial charge >= 0.3 is 0 Å². The SMILES string of the molecule is O=C(Cl)c1ccc2nc(-c3cc(Cl)ccc3Cl)sc2c1. The number of aromatic nitrogens is 1. The summed E-state index contributed by atoms with van der Waals surface area (Å²) in [6, 6.07) is 10.4. The van der Waals surface area contributed by atoms with Crippen molar-refractivity contribution in [2.45, 2.75) is 0 Å². The molecule has 0 atom stereocenters. The Balaban J connectivity index is 2.17. The third-order valence-corrected chi connectivity index (χ3v) is 4.61. The highest BCUT2D eigenvalue weighted by molar-refractivity contribution is 7.21. The van der Waals surface area contributed by atoms with Gasteiger partial charge in [0.05, 0.1) is 15.2 Å². The standard InChI is InChI=1S/C14H6Cl3NOS/c15-8-2-3-10(16)9(6-8)14-18-11-4-1-7(13(17)19)5-12(11)20-14/h1-6H. The zero-order chi connectivity index (χ0) is 14.3. The maximum absolute atomic E-state index is 11.2. The normalized spacial score (nSPS) is 10.9. The Bertz CT molecular complexity index is 828. The van der Waals surface area contributed by atoms with E-state index in [4.69, 9.17) is 34.8 Å². The third-order valence-electron chi connectivity index (χ3n) is 2.77. The molecule has 0 unspecified atom stereocenters. The van der Waals surface area contributed by atoms with E-state index >= 15 is 0 Å². The number of halogens is 3. The lowest BCUT2D eigenvalue weighted by atomic mass is 10.2. The van der Waals surface area contributed by atoms with Crippen LogP contribution in [0.15, 0.2) is 36.4 Å². The van der Waals surface area contributed by atoms with Crippen LogP contribution in [0.4, 0.5) is 0 Å². The van der Waals surface area contributed by atoms with E-state index in [0.29, 0.717) is 15.6 Å². The Morgan fingerprint density at radius 1 is 1.10 bits per heavy atom. The number of carbonyl (C=O) groups is 1. The number of rotatable bonds is 2. The van der Waals surface area contributed by atoms with Gasteiger partial charge in [0.15, 0.2) is 0 Å². The van der Waals surface area contributed by atoms with Crippen LogP contribution >= 0.6 is 46.1 Å². The first-order valence-electron chi connectivity index (χ1n) is 5.60. The Morgan fingerprint density at radius 2 is 1.90 bits per heavy atom. The van der Waals surface area contributed by atoms with E-state index in [-0.39, 0.29) is 0 Å². The second-order valence-electron chi connectivity index (χ2n) is 4.10. The number of carbonyl (C=O) groups excluding carboxylic acids is 1. The van der Waals surface area contributed by atoms with E-state index in [1.807, 2.05) is 0 Å². The summed E-state index contributed by atoms with van der Waals surface area (Å²) in [5, 5.41) is 1.46. The average Bonchev–Trinajstić information content (AvgIpc) is 2.83. The molecule has 0 saturated carbocycles. The van der Waals surface area contributed by atoms with Gasteiger partial charge in [-0.05, 0) is 48.0 Å². The van der Waals surface area contributed by atoms with Crippen molar-refractivity contribution in [2.24, 2.45) is 0 Å². The zero-order valence-electron chi connectivity index (χ0n) is 9.86. The Hall–Kier alpha value is -1.13. The van der Waals surface area contributed by atoms with Gasteiger partial charge in [-0.1, -0.05) is 23.2 Å². The highest BCUT2D eigenvalue weighted by atomic mass is 35.5. The molecule has 0 radical (unpaired) electrons. The predicted octanol–water partition coefficient (Wildman–Crippen LogP) is 5.65. The Morgan fingerprint density at radius 3 is 2.65 bits per heavy atom. The minimum absolute atomic E-state index is 0.451. The summed E-state index contributed by atoms with van der Waals surface area (Å²) in [5.74, 6) is 0. The molecule has 3 aromatic rings. The van der Waals surface area contributed by atoms with E-state index in [1.165, 1.54) is 11.3 Å². The van der Waals surface area contributed by atoms with Crippen molar-refractivity contribution in [2.75, 3.05) is 0 Å². The monoisotopic (exact) mass is 341 g/mol. The van der Waals surface area contributed by atoms with E-state index < -0.39 is 5.24 Å². The number of thiazole rings is 1. The summed E-state index contributed by atoms with van der Waals surface area (Å²) in [5.41, 5.74) is 2.02. The molecule has 6 heteroatoms. The van der Waals surface area contributed by atoms with Gasteiger partial charge in [0.1, 0.15) is 5.01 Å². The molecule has 2 aromatic carbocycles. The summed E-state index contributed by atoms with van der Waals surface area (Å²) in [7, 11) is 0. The summed E-state index contributed by atoms with van der Waals surface area (Å²) in [6.07, 6.45) is 0. The number of benzene rings is 2. The summed E-state index contributed by atoms with van der Waals surface area (Å²) in [4.78, 5) is 15.7. The van der Waals surface area contributed by atoms with Crippen LogP contribution in [0.2, 0.25) is 10.0 Å². The fourth-order valence-electron chi connectivity index (χ4n) is 1.82. The van der Waals surface area contributed by atoms with Gasteiger partial charge in [-0.15, -0.1) is 11.3 Å². The van der Waals surface area contributed by atoms with Crippen LogP contribution in [0.25, 0.3) is 20.8 Å². The predicted molar refractivity (Wildman–Crippen MR) is 85.3 cm³/mol. The molecule has 0 fully saturated rings. The van der Waals surface area contributed by atoms with E-state index in [2.05, 4.69) is 4.98 Å². The quantitative estimate of drug-likeness (QED) is 0.563. The molecule has 0 saturated heterocycles. The van der Waals surface area contributed by atoms with Crippen LogP contribution < -0.4 is 0 Å². The number of hydrogen-bond donors (Lipinski definition) is 0. The molecule has 0 bridgehead atoms. The minimum Gasteiger partial charge on any atom is -0.276 e. The molecule has 0 amide bonds. The summed E-state index contributed by atoms with van der Waals surface area (Å²) >= 11 is 19.1. The van der Waals surface area contributed by atoms with Crippen LogP contribution in [0.3, 0.4) is 0 Å². The molecule has 3 rings (SSSR count). The van der Waals surface area contributed by atoms with Crippen molar-refractivity contribution in [1.29, 1.82) is 0 Å². The van der Waals surface area contributed by atoms with Crippen molar-refractivity contribution in [3.05, 3.63) is 52.0 Å². The molecule has 2 nitrogen and oxygen atoms in total. The largest absolute Gasteiger partial charge is 0.276 e. The van der Waals surface area contributed by atoms with Crippen molar-refractivity contribution in [3.63, 3.8) is 0 Å². The first-order chi connectivity index (χ1) is 9.54. The van der Waals surface area contributed by atoms with Crippen LogP contribution in [-0.2, 0) is 0 Å². The topological polar surface area (TPSA) is 30.0 Å². The molecule has 0 aliphatic carbocycles. The van der Waals surface area contributed by atoms with Crippen LogP contribution in [0, 0.1) is 0 Å². The molecule has 100 valence electrons.